The van der Waals surface area contributed by atoms with Crippen molar-refractivity contribution in [3.63, 3.8) is 0 Å². The molecule has 0 spiro atoms. The van der Waals surface area contributed by atoms with Gasteiger partial charge in [0, 0.05) is 6.54 Å². The predicted octanol–water partition coefficient (Wildman–Crippen LogP) is 2.70. The predicted molar refractivity (Wildman–Crippen MR) is 77.0 cm³/mol. The number of unbranched alkanes of at least 4 members (excludes halogenated alkanes) is 1. The molecular formula is C15H26N2O3. The second-order valence-corrected chi connectivity index (χ2v) is 5.50. The van der Waals surface area contributed by atoms with E-state index in [1.165, 1.54) is 4.90 Å². The summed E-state index contributed by atoms with van der Waals surface area (Å²) in [6.07, 6.45) is 5.39. The molecule has 1 fully saturated rings. The van der Waals surface area contributed by atoms with Crippen LogP contribution in [-0.2, 0) is 9.59 Å². The third-order valence-electron chi connectivity index (χ3n) is 3.92. The molecule has 114 valence electrons. The lowest BCUT2D eigenvalue weighted by Gasteiger charge is -2.32. The van der Waals surface area contributed by atoms with E-state index >= 15 is 0 Å². The summed E-state index contributed by atoms with van der Waals surface area (Å²) in [6.45, 7) is 6.55. The van der Waals surface area contributed by atoms with Crippen LogP contribution in [0.3, 0.4) is 0 Å². The smallest absolute Gasteiger partial charge is 0.277 e. The van der Waals surface area contributed by atoms with Crippen LogP contribution in [0.25, 0.3) is 0 Å². The Bertz CT molecular complexity index is 368. The van der Waals surface area contributed by atoms with Gasteiger partial charge >= 0.3 is 6.03 Å². The Morgan fingerprint density at radius 3 is 2.40 bits per heavy atom. The normalized spacial score (nSPS) is 21.1. The molecule has 5 nitrogen and oxygen atoms in total. The van der Waals surface area contributed by atoms with Crippen LogP contribution in [-0.4, -0.2) is 29.3 Å². The maximum absolute atomic E-state index is 12.3. The standard InChI is InChI=1S/C15H26N2O3/c1-4-7-9-11(6-3)10-17-14(19)12(8-5-2)13(18)16-15(17)20/h11-12H,4-10H2,1-3H3,(H,16,18,20). The summed E-state index contributed by atoms with van der Waals surface area (Å²) >= 11 is 0. The van der Waals surface area contributed by atoms with E-state index in [4.69, 9.17) is 0 Å². The van der Waals surface area contributed by atoms with E-state index in [9.17, 15) is 14.4 Å². The molecule has 5 heteroatoms. The summed E-state index contributed by atoms with van der Waals surface area (Å²) in [5.41, 5.74) is 0. The number of carbonyl (C=O) groups is 3. The average Bonchev–Trinajstić information content (AvgIpc) is 2.42. The van der Waals surface area contributed by atoms with Crippen LogP contribution in [0.2, 0.25) is 0 Å². The highest BCUT2D eigenvalue weighted by Gasteiger charge is 2.40. The molecule has 2 atom stereocenters. The van der Waals surface area contributed by atoms with Gasteiger partial charge in [-0.2, -0.15) is 0 Å². The maximum atomic E-state index is 12.3. The van der Waals surface area contributed by atoms with E-state index in [1.54, 1.807) is 0 Å². The van der Waals surface area contributed by atoms with Crippen LogP contribution in [0.1, 0.15) is 59.3 Å². The number of nitrogens with zero attached hydrogens (tertiary/aromatic N) is 1. The van der Waals surface area contributed by atoms with Crippen molar-refractivity contribution >= 4 is 17.8 Å². The molecule has 0 saturated carbocycles. The Morgan fingerprint density at radius 1 is 1.15 bits per heavy atom. The van der Waals surface area contributed by atoms with E-state index in [2.05, 4.69) is 19.2 Å². The average molecular weight is 282 g/mol. The minimum Gasteiger partial charge on any atom is -0.277 e. The quantitative estimate of drug-likeness (QED) is 0.696. The van der Waals surface area contributed by atoms with Crippen molar-refractivity contribution in [2.75, 3.05) is 6.54 Å². The van der Waals surface area contributed by atoms with Crippen molar-refractivity contribution in [2.45, 2.75) is 59.3 Å². The summed E-state index contributed by atoms with van der Waals surface area (Å²) in [6, 6.07) is -0.553. The molecule has 0 radical (unpaired) electrons. The van der Waals surface area contributed by atoms with E-state index in [1.807, 2.05) is 6.92 Å². The minimum absolute atomic E-state index is 0.320. The van der Waals surface area contributed by atoms with Crippen LogP contribution in [0, 0.1) is 11.8 Å². The highest BCUT2D eigenvalue weighted by atomic mass is 16.2. The maximum Gasteiger partial charge on any atom is 0.330 e. The SMILES string of the molecule is CCCCC(CC)CN1C(=O)NC(=O)C(CCC)C1=O. The van der Waals surface area contributed by atoms with Crippen molar-refractivity contribution in [2.24, 2.45) is 11.8 Å². The third-order valence-corrected chi connectivity index (χ3v) is 3.92. The van der Waals surface area contributed by atoms with Crippen molar-refractivity contribution in [1.29, 1.82) is 0 Å². The Kier molecular flexibility index (Phi) is 6.68. The van der Waals surface area contributed by atoms with Gasteiger partial charge in [-0.25, -0.2) is 4.79 Å². The Hall–Kier alpha value is -1.39. The molecule has 0 aromatic rings. The minimum atomic E-state index is -0.693. The summed E-state index contributed by atoms with van der Waals surface area (Å²) < 4.78 is 0. The molecule has 1 aliphatic rings. The van der Waals surface area contributed by atoms with Gasteiger partial charge in [0.1, 0.15) is 5.92 Å². The zero-order valence-corrected chi connectivity index (χ0v) is 12.8. The van der Waals surface area contributed by atoms with Crippen molar-refractivity contribution in [1.82, 2.24) is 10.2 Å². The Morgan fingerprint density at radius 2 is 1.85 bits per heavy atom. The van der Waals surface area contributed by atoms with Gasteiger partial charge in [-0.15, -0.1) is 0 Å². The highest BCUT2D eigenvalue weighted by molar-refractivity contribution is 6.16. The molecule has 2 unspecified atom stereocenters. The first kappa shape index (κ1) is 16.7. The van der Waals surface area contributed by atoms with Gasteiger partial charge in [0.15, 0.2) is 0 Å². The molecule has 4 amide bonds. The van der Waals surface area contributed by atoms with Gasteiger partial charge in [-0.3, -0.25) is 19.8 Å². The fourth-order valence-corrected chi connectivity index (χ4v) is 2.55. The van der Waals surface area contributed by atoms with E-state index < -0.39 is 17.9 Å². The highest BCUT2D eigenvalue weighted by Crippen LogP contribution is 2.20. The number of imide groups is 2. The lowest BCUT2D eigenvalue weighted by Crippen LogP contribution is -2.58. The molecule has 20 heavy (non-hydrogen) atoms. The van der Waals surface area contributed by atoms with Crippen LogP contribution in [0.5, 0.6) is 0 Å². The van der Waals surface area contributed by atoms with Crippen LogP contribution in [0.15, 0.2) is 0 Å². The molecule has 1 N–H and O–H groups in total. The monoisotopic (exact) mass is 282 g/mol. The molecule has 1 aliphatic heterocycles. The van der Waals surface area contributed by atoms with Gasteiger partial charge in [0.05, 0.1) is 0 Å². The molecule has 0 aromatic heterocycles. The molecule has 0 aliphatic carbocycles. The molecule has 1 heterocycles. The number of barbiturate groups is 1. The van der Waals surface area contributed by atoms with Crippen molar-refractivity contribution < 1.29 is 14.4 Å². The Labute approximate surface area is 121 Å². The van der Waals surface area contributed by atoms with Crippen LogP contribution >= 0.6 is 0 Å². The van der Waals surface area contributed by atoms with E-state index in [0.29, 0.717) is 18.9 Å². The lowest BCUT2D eigenvalue weighted by atomic mass is 9.95. The second-order valence-electron chi connectivity index (χ2n) is 5.50. The number of nitrogens with one attached hydrogen (secondary N) is 1. The van der Waals surface area contributed by atoms with Crippen LogP contribution < -0.4 is 5.32 Å². The summed E-state index contributed by atoms with van der Waals surface area (Å²) in [7, 11) is 0. The van der Waals surface area contributed by atoms with Crippen LogP contribution in [0.4, 0.5) is 4.79 Å². The fourth-order valence-electron chi connectivity index (χ4n) is 2.55. The first-order chi connectivity index (χ1) is 9.54. The fraction of sp³-hybridized carbons (Fsp3) is 0.800. The zero-order chi connectivity index (χ0) is 15.1. The lowest BCUT2D eigenvalue weighted by molar-refractivity contribution is -0.143. The van der Waals surface area contributed by atoms with Crippen molar-refractivity contribution in [3.05, 3.63) is 0 Å². The molecule has 0 bridgehead atoms. The summed E-state index contributed by atoms with van der Waals surface area (Å²) in [5, 5.41) is 2.31. The number of carbonyl (C=O) groups excluding carboxylic acids is 3. The van der Waals surface area contributed by atoms with Crippen molar-refractivity contribution in [3.8, 4) is 0 Å². The van der Waals surface area contributed by atoms with Gasteiger partial charge in [0.2, 0.25) is 11.8 Å². The van der Waals surface area contributed by atoms with Gasteiger partial charge in [0.25, 0.3) is 0 Å². The summed E-state index contributed by atoms with van der Waals surface area (Å²) in [5.74, 6) is -1.14. The number of urea groups is 1. The number of amides is 4. The van der Waals surface area contributed by atoms with Gasteiger partial charge < -0.3 is 0 Å². The number of hydrogen-bond acceptors (Lipinski definition) is 3. The summed E-state index contributed by atoms with van der Waals surface area (Å²) in [4.78, 5) is 37.1. The number of rotatable bonds is 8. The van der Waals surface area contributed by atoms with E-state index in [-0.39, 0.29) is 5.91 Å². The van der Waals surface area contributed by atoms with Gasteiger partial charge in [-0.1, -0.05) is 46.5 Å². The molecule has 1 rings (SSSR count). The van der Waals surface area contributed by atoms with E-state index in [0.717, 1.165) is 32.1 Å². The molecule has 0 aromatic carbocycles. The third kappa shape index (κ3) is 4.05. The first-order valence-electron chi connectivity index (χ1n) is 7.71. The first-order valence-corrected chi connectivity index (χ1v) is 7.71. The second kappa shape index (κ2) is 8.02. The molecule has 1 saturated heterocycles. The Balaban J connectivity index is 2.73. The molecular weight excluding hydrogens is 256 g/mol. The topological polar surface area (TPSA) is 66.5 Å². The number of hydrogen-bond donors (Lipinski definition) is 1. The zero-order valence-electron chi connectivity index (χ0n) is 12.8. The van der Waals surface area contributed by atoms with Gasteiger partial charge in [-0.05, 0) is 18.8 Å². The largest absolute Gasteiger partial charge is 0.330 e.